The lowest BCUT2D eigenvalue weighted by atomic mass is 10.2. The molecule has 8 nitrogen and oxygen atoms in total. The van der Waals surface area contributed by atoms with Gasteiger partial charge in [0.25, 0.3) is 0 Å². The Labute approximate surface area is 207 Å². The number of anilines is 3. The monoisotopic (exact) mass is 496 g/mol. The van der Waals surface area contributed by atoms with Crippen LogP contribution in [0, 0.1) is 0 Å². The van der Waals surface area contributed by atoms with Gasteiger partial charge in [-0.15, -0.1) is 10.2 Å². The van der Waals surface area contributed by atoms with E-state index >= 15 is 0 Å². The van der Waals surface area contributed by atoms with Gasteiger partial charge < -0.3 is 15.1 Å². The van der Waals surface area contributed by atoms with Gasteiger partial charge in [0.2, 0.25) is 17.8 Å². The SMILES string of the molecule is C[C@@H]1CC(=O)Nc2ccccc2N1C(=O)CSc1nnc(N2CCCC2)n1-c1cccc(Cl)c1. The lowest BCUT2D eigenvalue weighted by Gasteiger charge is -2.27. The Kier molecular flexibility index (Phi) is 6.47. The maximum Gasteiger partial charge on any atom is 0.237 e. The first-order chi connectivity index (χ1) is 16.5. The van der Waals surface area contributed by atoms with Gasteiger partial charge in [-0.2, -0.15) is 0 Å². The van der Waals surface area contributed by atoms with E-state index in [0.717, 1.165) is 37.6 Å². The van der Waals surface area contributed by atoms with Crippen molar-refractivity contribution in [3.8, 4) is 5.69 Å². The third kappa shape index (κ3) is 4.50. The molecule has 0 spiro atoms. The van der Waals surface area contributed by atoms with Gasteiger partial charge in [-0.1, -0.05) is 41.6 Å². The van der Waals surface area contributed by atoms with Crippen molar-refractivity contribution in [2.24, 2.45) is 0 Å². The maximum atomic E-state index is 13.4. The molecule has 1 aromatic heterocycles. The van der Waals surface area contributed by atoms with Gasteiger partial charge in [0.15, 0.2) is 5.16 Å². The summed E-state index contributed by atoms with van der Waals surface area (Å²) in [5.74, 6) is 0.729. The summed E-state index contributed by atoms with van der Waals surface area (Å²) < 4.78 is 1.97. The highest BCUT2D eigenvalue weighted by Gasteiger charge is 2.30. The van der Waals surface area contributed by atoms with Crippen LogP contribution in [0.25, 0.3) is 5.69 Å². The zero-order valence-electron chi connectivity index (χ0n) is 18.8. The zero-order chi connectivity index (χ0) is 23.7. The standard InChI is InChI=1S/C24H25ClN6O2S/c1-16-13-21(32)26-19-9-2-3-10-20(19)30(16)22(33)15-34-24-28-27-23(29-11-4-5-12-29)31(24)18-8-6-7-17(25)14-18/h2-3,6-10,14,16H,4-5,11-13,15H2,1H3,(H,26,32)/t16-/m1/s1. The number of thioether (sulfide) groups is 1. The molecule has 0 aliphatic carbocycles. The molecule has 1 atom stereocenters. The van der Waals surface area contributed by atoms with E-state index < -0.39 is 0 Å². The Morgan fingerprint density at radius 3 is 2.74 bits per heavy atom. The van der Waals surface area contributed by atoms with E-state index in [1.807, 2.05) is 60.0 Å². The Morgan fingerprint density at radius 1 is 1.15 bits per heavy atom. The average molecular weight is 497 g/mol. The molecule has 2 amide bonds. The number of nitrogens with zero attached hydrogens (tertiary/aromatic N) is 5. The van der Waals surface area contributed by atoms with E-state index in [1.165, 1.54) is 11.8 Å². The number of benzene rings is 2. The number of fused-ring (bicyclic) bond motifs is 1. The fourth-order valence-corrected chi connectivity index (χ4v) is 5.47. The van der Waals surface area contributed by atoms with Gasteiger partial charge in [-0.3, -0.25) is 14.2 Å². The molecule has 0 bridgehead atoms. The first-order valence-corrected chi connectivity index (χ1v) is 12.7. The minimum atomic E-state index is -0.261. The molecule has 2 aromatic carbocycles. The molecule has 176 valence electrons. The quantitative estimate of drug-likeness (QED) is 0.528. The number of carbonyl (C=O) groups is 2. The predicted octanol–water partition coefficient (Wildman–Crippen LogP) is 4.38. The van der Waals surface area contributed by atoms with Crippen molar-refractivity contribution < 1.29 is 9.59 Å². The van der Waals surface area contributed by atoms with E-state index in [9.17, 15) is 9.59 Å². The van der Waals surface area contributed by atoms with Crippen LogP contribution in [0.2, 0.25) is 5.02 Å². The molecule has 34 heavy (non-hydrogen) atoms. The molecule has 1 N–H and O–H groups in total. The van der Waals surface area contributed by atoms with Gasteiger partial charge in [-0.25, -0.2) is 0 Å². The van der Waals surface area contributed by atoms with Gasteiger partial charge in [0.05, 0.1) is 22.8 Å². The van der Waals surface area contributed by atoms with E-state index in [4.69, 9.17) is 11.6 Å². The second-order valence-corrected chi connectivity index (χ2v) is 9.84. The number of amides is 2. The molecule has 2 aliphatic rings. The molecule has 10 heteroatoms. The maximum absolute atomic E-state index is 13.4. The molecule has 0 saturated carbocycles. The second-order valence-electron chi connectivity index (χ2n) is 8.46. The number of halogens is 1. The fraction of sp³-hybridized carbons (Fsp3) is 0.333. The van der Waals surface area contributed by atoms with Crippen LogP contribution in [0.4, 0.5) is 17.3 Å². The van der Waals surface area contributed by atoms with Crippen molar-refractivity contribution >= 4 is 52.5 Å². The van der Waals surface area contributed by atoms with E-state index in [-0.39, 0.29) is 30.0 Å². The number of carbonyl (C=O) groups excluding carboxylic acids is 2. The smallest absolute Gasteiger partial charge is 0.237 e. The average Bonchev–Trinajstić information content (AvgIpc) is 3.46. The minimum absolute atomic E-state index is 0.0928. The Balaban J connectivity index is 1.43. The summed E-state index contributed by atoms with van der Waals surface area (Å²) in [6.45, 7) is 3.74. The minimum Gasteiger partial charge on any atom is -0.341 e. The summed E-state index contributed by atoms with van der Waals surface area (Å²) in [7, 11) is 0. The van der Waals surface area contributed by atoms with E-state index in [2.05, 4.69) is 20.4 Å². The summed E-state index contributed by atoms with van der Waals surface area (Å²) in [6, 6.07) is 14.7. The first-order valence-electron chi connectivity index (χ1n) is 11.3. The fourth-order valence-electron chi connectivity index (χ4n) is 4.48. The highest BCUT2D eigenvalue weighted by molar-refractivity contribution is 7.99. The van der Waals surface area contributed by atoms with Crippen molar-refractivity contribution in [2.45, 2.75) is 37.4 Å². The number of para-hydroxylation sites is 2. The lowest BCUT2D eigenvalue weighted by Crippen LogP contribution is -2.40. The summed E-state index contributed by atoms with van der Waals surface area (Å²) in [6.07, 6.45) is 2.47. The van der Waals surface area contributed by atoms with Crippen LogP contribution < -0.4 is 15.1 Å². The van der Waals surface area contributed by atoms with E-state index in [1.54, 1.807) is 4.90 Å². The molecular weight excluding hydrogens is 472 g/mol. The molecule has 3 aromatic rings. The molecular formula is C24H25ClN6O2S. The van der Waals surface area contributed by atoms with Crippen LogP contribution >= 0.6 is 23.4 Å². The van der Waals surface area contributed by atoms with Crippen molar-refractivity contribution in [2.75, 3.05) is 34.0 Å². The molecule has 0 radical (unpaired) electrons. The van der Waals surface area contributed by atoms with Crippen LogP contribution in [-0.4, -0.2) is 51.5 Å². The zero-order valence-corrected chi connectivity index (χ0v) is 20.3. The normalized spacial score (nSPS) is 17.9. The largest absolute Gasteiger partial charge is 0.341 e. The molecule has 3 heterocycles. The van der Waals surface area contributed by atoms with Gasteiger partial charge in [0.1, 0.15) is 0 Å². The van der Waals surface area contributed by atoms with Crippen LogP contribution in [0.5, 0.6) is 0 Å². The number of nitrogens with one attached hydrogen (secondary N) is 1. The highest BCUT2D eigenvalue weighted by atomic mass is 35.5. The van der Waals surface area contributed by atoms with Gasteiger partial charge in [-0.05, 0) is 50.1 Å². The summed E-state index contributed by atoms with van der Waals surface area (Å²) >= 11 is 7.61. The van der Waals surface area contributed by atoms with Crippen LogP contribution in [0.3, 0.4) is 0 Å². The molecule has 0 unspecified atom stereocenters. The summed E-state index contributed by atoms with van der Waals surface area (Å²) in [5, 5.41) is 13.0. The Hall–Kier alpha value is -3.04. The van der Waals surface area contributed by atoms with Crippen LogP contribution in [0.15, 0.2) is 53.7 Å². The number of rotatable bonds is 5. The Morgan fingerprint density at radius 2 is 1.94 bits per heavy atom. The van der Waals surface area contributed by atoms with Gasteiger partial charge in [0, 0.05) is 30.6 Å². The Bertz CT molecular complexity index is 1230. The molecule has 1 saturated heterocycles. The van der Waals surface area contributed by atoms with Crippen molar-refractivity contribution in [1.29, 1.82) is 0 Å². The lowest BCUT2D eigenvalue weighted by molar-refractivity contribution is -0.117. The molecule has 5 rings (SSSR count). The van der Waals surface area contributed by atoms with Crippen molar-refractivity contribution in [3.63, 3.8) is 0 Å². The highest BCUT2D eigenvalue weighted by Crippen LogP contribution is 2.33. The number of hydrogen-bond donors (Lipinski definition) is 1. The van der Waals surface area contributed by atoms with Crippen molar-refractivity contribution in [3.05, 3.63) is 53.6 Å². The van der Waals surface area contributed by atoms with Crippen molar-refractivity contribution in [1.82, 2.24) is 14.8 Å². The molecule has 1 fully saturated rings. The van der Waals surface area contributed by atoms with E-state index in [0.29, 0.717) is 21.6 Å². The summed E-state index contributed by atoms with van der Waals surface area (Å²) in [4.78, 5) is 29.6. The first kappa shape index (κ1) is 22.7. The second kappa shape index (κ2) is 9.68. The van der Waals surface area contributed by atoms with Crippen LogP contribution in [-0.2, 0) is 9.59 Å². The van der Waals surface area contributed by atoms with Crippen LogP contribution in [0.1, 0.15) is 26.2 Å². The topological polar surface area (TPSA) is 83.4 Å². The predicted molar refractivity (Wildman–Crippen MR) is 135 cm³/mol. The summed E-state index contributed by atoms with van der Waals surface area (Å²) in [5.41, 5.74) is 2.21. The molecule has 2 aliphatic heterocycles. The third-order valence-electron chi connectivity index (χ3n) is 6.02. The third-order valence-corrected chi connectivity index (χ3v) is 7.17. The number of hydrogen-bond acceptors (Lipinski definition) is 6. The number of aromatic nitrogens is 3. The van der Waals surface area contributed by atoms with Gasteiger partial charge >= 0.3 is 0 Å².